The molecular formula is C22H28ClN3O4S. The molecule has 0 spiro atoms. The minimum Gasteiger partial charge on any atom is -0.355 e. The number of likely N-dealkylation sites (N-methyl/N-ethyl adjacent to an activating group) is 1. The summed E-state index contributed by atoms with van der Waals surface area (Å²) >= 11 is 6.07. The number of carbonyl (C=O) groups is 2. The molecule has 0 aliphatic heterocycles. The van der Waals surface area contributed by atoms with Crippen molar-refractivity contribution in [3.63, 3.8) is 0 Å². The average molecular weight is 466 g/mol. The number of hydrogen-bond acceptors (Lipinski definition) is 4. The summed E-state index contributed by atoms with van der Waals surface area (Å²) in [6.07, 6.45) is 1.05. The lowest BCUT2D eigenvalue weighted by molar-refractivity contribution is -0.139. The first-order valence-electron chi connectivity index (χ1n) is 9.89. The van der Waals surface area contributed by atoms with Crippen molar-refractivity contribution < 1.29 is 18.0 Å². The number of nitrogens with one attached hydrogen (secondary N) is 1. The van der Waals surface area contributed by atoms with Crippen LogP contribution >= 0.6 is 11.6 Å². The molecule has 9 heteroatoms. The standard InChI is InChI=1S/C22H28ClN3O4S/c1-5-24-22(28)17(3)25(14-18-9-7-10-19(23)13-18)21(27)15-26(31(4,29)30)20-11-6-8-16(2)12-20/h6-13,17H,5,14-15H2,1-4H3,(H,24,28)/t17-/m1/s1. The van der Waals surface area contributed by atoms with Gasteiger partial charge in [-0.15, -0.1) is 0 Å². The zero-order valence-electron chi connectivity index (χ0n) is 18.1. The third kappa shape index (κ3) is 6.97. The predicted octanol–water partition coefficient (Wildman–Crippen LogP) is 2.97. The smallest absolute Gasteiger partial charge is 0.244 e. The van der Waals surface area contributed by atoms with Crippen molar-refractivity contribution >= 4 is 39.1 Å². The molecule has 0 radical (unpaired) electrons. The summed E-state index contributed by atoms with van der Waals surface area (Å²) < 4.78 is 26.0. The summed E-state index contributed by atoms with van der Waals surface area (Å²) in [5.74, 6) is -0.815. The van der Waals surface area contributed by atoms with E-state index < -0.39 is 28.5 Å². The summed E-state index contributed by atoms with van der Waals surface area (Å²) in [6, 6.07) is 13.1. The maximum atomic E-state index is 13.3. The number of hydrogen-bond donors (Lipinski definition) is 1. The Balaban J connectivity index is 2.38. The molecule has 0 fully saturated rings. The predicted molar refractivity (Wildman–Crippen MR) is 124 cm³/mol. The number of benzene rings is 2. The molecule has 7 nitrogen and oxygen atoms in total. The second-order valence-electron chi connectivity index (χ2n) is 7.33. The Bertz CT molecular complexity index is 1040. The molecule has 1 atom stereocenters. The minimum absolute atomic E-state index is 0.114. The third-order valence-electron chi connectivity index (χ3n) is 4.73. The zero-order chi connectivity index (χ0) is 23.2. The van der Waals surface area contributed by atoms with Crippen molar-refractivity contribution in [2.24, 2.45) is 0 Å². The van der Waals surface area contributed by atoms with E-state index in [-0.39, 0.29) is 12.5 Å². The Morgan fingerprint density at radius 1 is 1.13 bits per heavy atom. The van der Waals surface area contributed by atoms with Crippen LogP contribution < -0.4 is 9.62 Å². The van der Waals surface area contributed by atoms with Crippen molar-refractivity contribution in [1.29, 1.82) is 0 Å². The van der Waals surface area contributed by atoms with E-state index in [1.807, 2.05) is 13.0 Å². The van der Waals surface area contributed by atoms with E-state index in [0.717, 1.165) is 21.7 Å². The fourth-order valence-corrected chi connectivity index (χ4v) is 4.19. The SMILES string of the molecule is CCNC(=O)[C@@H](C)N(Cc1cccc(Cl)c1)C(=O)CN(c1cccc(C)c1)S(C)(=O)=O. The van der Waals surface area contributed by atoms with Crippen LogP contribution in [0, 0.1) is 6.92 Å². The highest BCUT2D eigenvalue weighted by Gasteiger charge is 2.29. The second-order valence-corrected chi connectivity index (χ2v) is 9.67. The van der Waals surface area contributed by atoms with Gasteiger partial charge in [0.05, 0.1) is 11.9 Å². The highest BCUT2D eigenvalue weighted by atomic mass is 35.5. The fourth-order valence-electron chi connectivity index (χ4n) is 3.13. The molecule has 168 valence electrons. The molecular weight excluding hydrogens is 438 g/mol. The normalized spacial score (nSPS) is 12.2. The number of sulfonamides is 1. The molecule has 0 aromatic heterocycles. The van der Waals surface area contributed by atoms with Crippen molar-refractivity contribution in [3.8, 4) is 0 Å². The van der Waals surface area contributed by atoms with Crippen molar-refractivity contribution in [2.45, 2.75) is 33.4 Å². The number of anilines is 1. The topological polar surface area (TPSA) is 86.8 Å². The van der Waals surface area contributed by atoms with E-state index in [2.05, 4.69) is 5.32 Å². The average Bonchev–Trinajstić information content (AvgIpc) is 2.69. The molecule has 0 aliphatic rings. The molecule has 0 bridgehead atoms. The zero-order valence-corrected chi connectivity index (χ0v) is 19.7. The van der Waals surface area contributed by atoms with Gasteiger partial charge in [-0.05, 0) is 56.2 Å². The molecule has 0 aliphatic carbocycles. The fraction of sp³-hybridized carbons (Fsp3) is 0.364. The number of carbonyl (C=O) groups excluding carboxylic acids is 2. The van der Waals surface area contributed by atoms with Gasteiger partial charge in [-0.2, -0.15) is 0 Å². The number of aryl methyl sites for hydroxylation is 1. The molecule has 0 saturated heterocycles. The van der Waals surface area contributed by atoms with Gasteiger partial charge in [0.15, 0.2) is 0 Å². The summed E-state index contributed by atoms with van der Waals surface area (Å²) in [5.41, 5.74) is 1.99. The molecule has 2 aromatic rings. The molecule has 2 aromatic carbocycles. The second kappa shape index (κ2) is 10.6. The largest absolute Gasteiger partial charge is 0.355 e. The molecule has 0 heterocycles. The van der Waals surface area contributed by atoms with Crippen molar-refractivity contribution in [3.05, 3.63) is 64.7 Å². The van der Waals surface area contributed by atoms with Crippen molar-refractivity contribution in [1.82, 2.24) is 10.2 Å². The maximum absolute atomic E-state index is 13.3. The maximum Gasteiger partial charge on any atom is 0.244 e. The molecule has 1 N–H and O–H groups in total. The number of halogens is 1. The van der Waals surface area contributed by atoms with Crippen LogP contribution in [0.2, 0.25) is 5.02 Å². The first-order chi connectivity index (χ1) is 14.5. The third-order valence-corrected chi connectivity index (χ3v) is 6.10. The monoisotopic (exact) mass is 465 g/mol. The molecule has 31 heavy (non-hydrogen) atoms. The van der Waals surface area contributed by atoms with Gasteiger partial charge in [-0.25, -0.2) is 8.42 Å². The first kappa shape index (κ1) is 24.7. The molecule has 0 saturated carbocycles. The summed E-state index contributed by atoms with van der Waals surface area (Å²) in [5, 5.41) is 3.22. The Morgan fingerprint density at radius 2 is 1.81 bits per heavy atom. The van der Waals surface area contributed by atoms with Crippen LogP contribution in [-0.4, -0.2) is 50.5 Å². The van der Waals surface area contributed by atoms with Gasteiger partial charge >= 0.3 is 0 Å². The summed E-state index contributed by atoms with van der Waals surface area (Å²) in [6.45, 7) is 5.35. The Labute approximate surface area is 189 Å². The van der Waals surface area contributed by atoms with E-state index in [4.69, 9.17) is 11.6 Å². The lowest BCUT2D eigenvalue weighted by Gasteiger charge is -2.31. The van der Waals surface area contributed by atoms with Gasteiger partial charge < -0.3 is 10.2 Å². The van der Waals surface area contributed by atoms with Crippen molar-refractivity contribution in [2.75, 3.05) is 23.7 Å². The lowest BCUT2D eigenvalue weighted by Crippen LogP contribution is -2.51. The number of amides is 2. The lowest BCUT2D eigenvalue weighted by atomic mass is 10.1. The van der Waals surface area contributed by atoms with E-state index in [9.17, 15) is 18.0 Å². The van der Waals surface area contributed by atoms with E-state index in [1.54, 1.807) is 56.3 Å². The van der Waals surface area contributed by atoms with Crippen LogP contribution in [0.4, 0.5) is 5.69 Å². The van der Waals surface area contributed by atoms with Crippen LogP contribution in [0.15, 0.2) is 48.5 Å². The van der Waals surface area contributed by atoms with E-state index in [1.165, 1.54) is 4.90 Å². The van der Waals surface area contributed by atoms with Gasteiger partial charge in [-0.3, -0.25) is 13.9 Å². The van der Waals surface area contributed by atoms with E-state index >= 15 is 0 Å². The van der Waals surface area contributed by atoms with Gasteiger partial charge in [0.2, 0.25) is 21.8 Å². The Morgan fingerprint density at radius 3 is 2.39 bits per heavy atom. The van der Waals surface area contributed by atoms with Gasteiger partial charge in [0, 0.05) is 18.1 Å². The van der Waals surface area contributed by atoms with Gasteiger partial charge in [0.1, 0.15) is 12.6 Å². The minimum atomic E-state index is -3.73. The Hall–Kier alpha value is -2.58. The van der Waals surface area contributed by atoms with Crippen LogP contribution in [-0.2, 0) is 26.2 Å². The summed E-state index contributed by atoms with van der Waals surface area (Å²) in [4.78, 5) is 27.2. The first-order valence-corrected chi connectivity index (χ1v) is 12.1. The van der Waals surface area contributed by atoms with Crippen LogP contribution in [0.1, 0.15) is 25.0 Å². The summed E-state index contributed by atoms with van der Waals surface area (Å²) in [7, 11) is -3.73. The van der Waals surface area contributed by atoms with E-state index in [0.29, 0.717) is 17.3 Å². The molecule has 0 unspecified atom stereocenters. The quantitative estimate of drug-likeness (QED) is 0.616. The van der Waals surface area contributed by atoms with Crippen LogP contribution in [0.5, 0.6) is 0 Å². The van der Waals surface area contributed by atoms with Crippen LogP contribution in [0.3, 0.4) is 0 Å². The Kier molecular flexibility index (Phi) is 8.47. The number of rotatable bonds is 9. The number of nitrogens with zero attached hydrogens (tertiary/aromatic N) is 2. The van der Waals surface area contributed by atoms with Crippen LogP contribution in [0.25, 0.3) is 0 Å². The highest BCUT2D eigenvalue weighted by molar-refractivity contribution is 7.92. The highest BCUT2D eigenvalue weighted by Crippen LogP contribution is 2.20. The molecule has 2 rings (SSSR count). The molecule has 2 amide bonds. The van der Waals surface area contributed by atoms with Gasteiger partial charge in [0.25, 0.3) is 0 Å². The van der Waals surface area contributed by atoms with Gasteiger partial charge in [-0.1, -0.05) is 35.9 Å².